The molecule has 0 bridgehead atoms. The van der Waals surface area contributed by atoms with Gasteiger partial charge in [0, 0.05) is 12.5 Å². The summed E-state index contributed by atoms with van der Waals surface area (Å²) in [5.74, 6) is 0.184. The monoisotopic (exact) mass is 632 g/mol. The molecule has 5 atom stereocenters. The van der Waals surface area contributed by atoms with E-state index < -0.39 is 0 Å². The third kappa shape index (κ3) is 9.98. The Morgan fingerprint density at radius 1 is 0.745 bits per heavy atom. The first kappa shape index (κ1) is 34.8. The molecule has 4 aromatic rings. The van der Waals surface area contributed by atoms with Crippen LogP contribution < -0.4 is 0 Å². The molecular weight excluding hydrogens is 580 g/mol. The van der Waals surface area contributed by atoms with E-state index in [-0.39, 0.29) is 30.3 Å². The fourth-order valence-corrected chi connectivity index (χ4v) is 6.57. The van der Waals surface area contributed by atoms with Gasteiger partial charge in [-0.15, -0.1) is 6.58 Å². The molecule has 4 heteroatoms. The molecule has 1 aliphatic heterocycles. The molecule has 4 nitrogen and oxygen atoms in total. The summed E-state index contributed by atoms with van der Waals surface area (Å²) >= 11 is 0. The van der Waals surface area contributed by atoms with Crippen molar-refractivity contribution in [2.24, 2.45) is 5.92 Å². The van der Waals surface area contributed by atoms with E-state index in [1.807, 2.05) is 12.1 Å². The van der Waals surface area contributed by atoms with E-state index in [1.54, 1.807) is 6.08 Å². The maximum absolute atomic E-state index is 6.93. The quantitative estimate of drug-likeness (QED) is 0.0858. The highest BCUT2D eigenvalue weighted by Crippen LogP contribution is 2.41. The van der Waals surface area contributed by atoms with Crippen LogP contribution >= 0.6 is 0 Å². The van der Waals surface area contributed by atoms with Crippen LogP contribution in [-0.4, -0.2) is 31.5 Å². The fraction of sp³-hybridized carbons (Fsp3) is 0.395. The molecule has 4 aromatic carbocycles. The lowest BCUT2D eigenvalue weighted by Gasteiger charge is -2.46. The lowest BCUT2D eigenvalue weighted by atomic mass is 9.83. The average Bonchev–Trinajstić information content (AvgIpc) is 3.11. The summed E-state index contributed by atoms with van der Waals surface area (Å²) in [6, 6.07) is 36.7. The minimum absolute atomic E-state index is 0.0724. The summed E-state index contributed by atoms with van der Waals surface area (Å²) in [5, 5.41) is 0. The van der Waals surface area contributed by atoms with Gasteiger partial charge in [0.25, 0.3) is 0 Å². The van der Waals surface area contributed by atoms with Crippen LogP contribution in [0.3, 0.4) is 0 Å². The number of benzene rings is 4. The summed E-state index contributed by atoms with van der Waals surface area (Å²) in [5.41, 5.74) is 8.75. The molecule has 0 radical (unpaired) electrons. The smallest absolute Gasteiger partial charge is 0.115 e. The first-order chi connectivity index (χ1) is 23.1. The van der Waals surface area contributed by atoms with E-state index >= 15 is 0 Å². The summed E-state index contributed by atoms with van der Waals surface area (Å²) in [6.45, 7) is 12.8. The summed E-state index contributed by atoms with van der Waals surface area (Å²) < 4.78 is 26.0. The van der Waals surface area contributed by atoms with Crippen LogP contribution in [0.2, 0.25) is 0 Å². The highest BCUT2D eigenvalue weighted by Gasteiger charge is 2.45. The van der Waals surface area contributed by atoms with Crippen LogP contribution in [0.1, 0.15) is 78.2 Å². The first-order valence-corrected chi connectivity index (χ1v) is 17.4. The first-order valence-electron chi connectivity index (χ1n) is 17.4. The largest absolute Gasteiger partial charge is 0.377 e. The van der Waals surface area contributed by atoms with Gasteiger partial charge in [0.15, 0.2) is 0 Å². The Hall–Kier alpha value is -3.54. The van der Waals surface area contributed by atoms with Gasteiger partial charge in [0.2, 0.25) is 0 Å². The van der Waals surface area contributed by atoms with Gasteiger partial charge in [0.1, 0.15) is 12.2 Å². The topological polar surface area (TPSA) is 36.9 Å². The lowest BCUT2D eigenvalue weighted by Crippen LogP contribution is -2.51. The van der Waals surface area contributed by atoms with Crippen LogP contribution in [0.15, 0.2) is 116 Å². The Bertz CT molecular complexity index is 1480. The van der Waals surface area contributed by atoms with Crippen molar-refractivity contribution in [3.05, 3.63) is 155 Å². The molecular formula is C43H52O4. The third-order valence-electron chi connectivity index (χ3n) is 9.38. The summed E-state index contributed by atoms with van der Waals surface area (Å²) in [6.07, 6.45) is 6.32. The van der Waals surface area contributed by atoms with E-state index in [1.165, 1.54) is 27.8 Å². The van der Waals surface area contributed by atoms with Crippen molar-refractivity contribution in [2.45, 2.75) is 90.5 Å². The lowest BCUT2D eigenvalue weighted by molar-refractivity contribution is -0.234. The van der Waals surface area contributed by atoms with Crippen molar-refractivity contribution >= 4 is 0 Å². The van der Waals surface area contributed by atoms with E-state index in [9.17, 15) is 0 Å². The van der Waals surface area contributed by atoms with Crippen LogP contribution in [0.4, 0.5) is 0 Å². The second kappa shape index (κ2) is 18.1. The predicted molar refractivity (Wildman–Crippen MR) is 191 cm³/mol. The van der Waals surface area contributed by atoms with E-state index in [0.29, 0.717) is 19.8 Å². The number of rotatable bonds is 17. The minimum atomic E-state index is -0.256. The number of aryl methyl sites for hydroxylation is 2. The van der Waals surface area contributed by atoms with Gasteiger partial charge in [-0.05, 0) is 78.0 Å². The maximum atomic E-state index is 6.93. The van der Waals surface area contributed by atoms with Gasteiger partial charge in [-0.25, -0.2) is 0 Å². The van der Waals surface area contributed by atoms with E-state index in [2.05, 4.69) is 118 Å². The molecule has 248 valence electrons. The average molecular weight is 633 g/mol. The van der Waals surface area contributed by atoms with E-state index in [0.717, 1.165) is 49.8 Å². The van der Waals surface area contributed by atoms with Gasteiger partial charge in [-0.3, -0.25) is 0 Å². The number of hydrogen-bond donors (Lipinski definition) is 0. The zero-order valence-electron chi connectivity index (χ0n) is 28.5. The van der Waals surface area contributed by atoms with E-state index in [4.69, 9.17) is 18.9 Å². The molecule has 0 aliphatic carbocycles. The molecule has 0 amide bonds. The van der Waals surface area contributed by atoms with Crippen LogP contribution in [0, 0.1) is 12.8 Å². The molecule has 0 unspecified atom stereocenters. The third-order valence-corrected chi connectivity index (χ3v) is 9.38. The highest BCUT2D eigenvalue weighted by molar-refractivity contribution is 5.38. The summed E-state index contributed by atoms with van der Waals surface area (Å²) in [7, 11) is 0. The van der Waals surface area contributed by atoms with Gasteiger partial charge < -0.3 is 18.9 Å². The molecule has 47 heavy (non-hydrogen) atoms. The van der Waals surface area contributed by atoms with Crippen molar-refractivity contribution < 1.29 is 18.9 Å². The van der Waals surface area contributed by atoms with Gasteiger partial charge in [-0.1, -0.05) is 123 Å². The zero-order valence-corrected chi connectivity index (χ0v) is 28.5. The molecule has 0 aromatic heterocycles. The Morgan fingerprint density at radius 2 is 1.38 bits per heavy atom. The van der Waals surface area contributed by atoms with Crippen LogP contribution in [0.25, 0.3) is 0 Å². The number of ether oxygens (including phenoxy) is 4. The van der Waals surface area contributed by atoms with Crippen LogP contribution in [0.5, 0.6) is 0 Å². The normalized spacial score (nSPS) is 21.0. The molecule has 0 N–H and O–H groups in total. The highest BCUT2D eigenvalue weighted by atomic mass is 16.6. The predicted octanol–water partition coefficient (Wildman–Crippen LogP) is 9.77. The SMILES string of the molecule is C=CCOCCCCc1ccc(Cc2cc([C@@H]3O[C@H](CC)[C@@H](C)[C@H](OCc4ccccc4)[C@H]3OCc3ccccc3)ccc2C)cc1. The molecule has 0 spiro atoms. The van der Waals surface area contributed by atoms with Gasteiger partial charge >= 0.3 is 0 Å². The van der Waals surface area contributed by atoms with Gasteiger partial charge in [-0.2, -0.15) is 0 Å². The maximum Gasteiger partial charge on any atom is 0.115 e. The summed E-state index contributed by atoms with van der Waals surface area (Å²) in [4.78, 5) is 0. The second-order valence-electron chi connectivity index (χ2n) is 12.9. The Balaban J connectivity index is 1.34. The molecule has 1 heterocycles. The fourth-order valence-electron chi connectivity index (χ4n) is 6.57. The van der Waals surface area contributed by atoms with Crippen molar-refractivity contribution in [1.82, 2.24) is 0 Å². The van der Waals surface area contributed by atoms with Gasteiger partial charge in [0.05, 0.1) is 32.0 Å². The van der Waals surface area contributed by atoms with Crippen molar-refractivity contribution in [3.8, 4) is 0 Å². The molecule has 1 saturated heterocycles. The Morgan fingerprint density at radius 3 is 2.02 bits per heavy atom. The minimum Gasteiger partial charge on any atom is -0.377 e. The van der Waals surface area contributed by atoms with Crippen molar-refractivity contribution in [1.29, 1.82) is 0 Å². The molecule has 0 saturated carbocycles. The molecule has 5 rings (SSSR count). The zero-order chi connectivity index (χ0) is 32.8. The Kier molecular flexibility index (Phi) is 13.4. The Labute approximate surface area is 282 Å². The standard InChI is InChI=1S/C43H52O4/c1-5-26-44-27-14-13-15-34-21-23-35(24-22-34)28-39-29-38(25-20-32(39)3)42-43(46-31-37-18-11-8-12-19-37)41(33(4)40(6-2)47-42)45-30-36-16-9-7-10-17-36/h5,7-12,16-25,29,33,40-43H,1,6,13-15,26-28,30-31H2,2-4H3/t33-,40-,41+,42+,43-/m1/s1. The number of unbranched alkanes of at least 4 members (excludes halogenated alkanes) is 1. The molecule has 1 fully saturated rings. The van der Waals surface area contributed by atoms with Crippen molar-refractivity contribution in [2.75, 3.05) is 13.2 Å². The second-order valence-corrected chi connectivity index (χ2v) is 12.9. The molecule has 1 aliphatic rings. The van der Waals surface area contributed by atoms with Crippen LogP contribution in [-0.2, 0) is 45.0 Å². The van der Waals surface area contributed by atoms with Crippen molar-refractivity contribution in [3.63, 3.8) is 0 Å². The number of hydrogen-bond acceptors (Lipinski definition) is 4.